The lowest BCUT2D eigenvalue weighted by atomic mass is 9.94. The van der Waals surface area contributed by atoms with Crippen LogP contribution in [0.2, 0.25) is 0 Å². The van der Waals surface area contributed by atoms with Gasteiger partial charge in [0, 0.05) is 11.7 Å². The van der Waals surface area contributed by atoms with Crippen molar-refractivity contribution in [2.24, 2.45) is 11.8 Å². The van der Waals surface area contributed by atoms with Crippen LogP contribution in [0, 0.1) is 11.8 Å². The largest absolute Gasteiger partial charge is 0.481 e. The van der Waals surface area contributed by atoms with E-state index in [1.54, 1.807) is 0 Å². The zero-order valence-corrected chi connectivity index (χ0v) is 11.6. The number of aliphatic carboxylic acids is 1. The lowest BCUT2D eigenvalue weighted by molar-refractivity contribution is -0.145. The zero-order valence-electron chi connectivity index (χ0n) is 11.6. The standard InChI is InChI=1S/C16H19NO3/c1-10-9-11-5-2-3-8-14(11)17(10)15(18)12-6-4-7-13(12)16(19)20/h2-3,5,8,10,12-13H,4,6-7,9H2,1H3,(H,19,20)/t10?,12-,13+/m1/s1. The Kier molecular flexibility index (Phi) is 3.24. The highest BCUT2D eigenvalue weighted by molar-refractivity contribution is 5.99. The Morgan fingerprint density at radius 1 is 1.20 bits per heavy atom. The minimum atomic E-state index is -0.832. The predicted molar refractivity (Wildman–Crippen MR) is 75.6 cm³/mol. The third-order valence-electron chi connectivity index (χ3n) is 4.60. The highest BCUT2D eigenvalue weighted by Gasteiger charge is 2.42. The highest BCUT2D eigenvalue weighted by Crippen LogP contribution is 2.38. The molecule has 0 bridgehead atoms. The molecule has 20 heavy (non-hydrogen) atoms. The first-order valence-corrected chi connectivity index (χ1v) is 7.23. The van der Waals surface area contributed by atoms with Crippen LogP contribution in [-0.2, 0) is 16.0 Å². The Labute approximate surface area is 118 Å². The average molecular weight is 273 g/mol. The van der Waals surface area contributed by atoms with Gasteiger partial charge in [-0.1, -0.05) is 24.6 Å². The molecule has 1 N–H and O–H groups in total. The molecule has 1 fully saturated rings. The zero-order chi connectivity index (χ0) is 14.3. The van der Waals surface area contributed by atoms with Crippen molar-refractivity contribution in [2.75, 3.05) is 4.90 Å². The molecule has 1 unspecified atom stereocenters. The SMILES string of the molecule is CC1Cc2ccccc2N1C(=O)[C@@H]1CCC[C@@H]1C(=O)O. The lowest BCUT2D eigenvalue weighted by Gasteiger charge is -2.27. The highest BCUT2D eigenvalue weighted by atomic mass is 16.4. The third kappa shape index (κ3) is 1.99. The molecule has 106 valence electrons. The second kappa shape index (κ2) is 4.93. The van der Waals surface area contributed by atoms with Crippen molar-refractivity contribution >= 4 is 17.6 Å². The molecule has 2 aliphatic rings. The third-order valence-corrected chi connectivity index (χ3v) is 4.60. The monoisotopic (exact) mass is 273 g/mol. The number of carboxylic acids is 1. The van der Waals surface area contributed by atoms with Crippen LogP contribution in [0.5, 0.6) is 0 Å². The summed E-state index contributed by atoms with van der Waals surface area (Å²) >= 11 is 0. The number of benzene rings is 1. The number of fused-ring (bicyclic) bond motifs is 1. The fourth-order valence-electron chi connectivity index (χ4n) is 3.63. The summed E-state index contributed by atoms with van der Waals surface area (Å²) in [5.74, 6) is -1.71. The summed E-state index contributed by atoms with van der Waals surface area (Å²) in [6, 6.07) is 8.04. The maximum atomic E-state index is 12.8. The van der Waals surface area contributed by atoms with Gasteiger partial charge >= 0.3 is 5.97 Å². The molecule has 4 heteroatoms. The van der Waals surface area contributed by atoms with Gasteiger partial charge in [-0.15, -0.1) is 0 Å². The van der Waals surface area contributed by atoms with E-state index in [4.69, 9.17) is 0 Å². The first-order chi connectivity index (χ1) is 9.59. The molecule has 0 radical (unpaired) electrons. The topological polar surface area (TPSA) is 57.6 Å². The minimum Gasteiger partial charge on any atom is -0.481 e. The first-order valence-electron chi connectivity index (χ1n) is 7.23. The van der Waals surface area contributed by atoms with Gasteiger partial charge < -0.3 is 10.0 Å². The van der Waals surface area contributed by atoms with Crippen LogP contribution >= 0.6 is 0 Å². The Balaban J connectivity index is 1.89. The number of para-hydroxylation sites is 1. The quantitative estimate of drug-likeness (QED) is 0.900. The molecule has 0 spiro atoms. The first kappa shape index (κ1) is 13.2. The second-order valence-electron chi connectivity index (χ2n) is 5.87. The molecule has 4 nitrogen and oxygen atoms in total. The number of carbonyl (C=O) groups excluding carboxylic acids is 1. The second-order valence-corrected chi connectivity index (χ2v) is 5.87. The molecular formula is C16H19NO3. The van der Waals surface area contributed by atoms with Crippen molar-refractivity contribution in [1.29, 1.82) is 0 Å². The Morgan fingerprint density at radius 3 is 2.65 bits per heavy atom. The number of carboxylic acid groups (broad SMARTS) is 1. The summed E-state index contributed by atoms with van der Waals surface area (Å²) in [6.45, 7) is 2.03. The van der Waals surface area contributed by atoms with Gasteiger partial charge in [0.2, 0.25) is 5.91 Å². The molecule has 1 saturated carbocycles. The van der Waals surface area contributed by atoms with Gasteiger partial charge in [-0.2, -0.15) is 0 Å². The van der Waals surface area contributed by atoms with Gasteiger partial charge in [-0.05, 0) is 37.8 Å². The molecule has 1 aliphatic carbocycles. The van der Waals surface area contributed by atoms with Crippen molar-refractivity contribution in [2.45, 2.75) is 38.6 Å². The number of hydrogen-bond acceptors (Lipinski definition) is 2. The summed E-state index contributed by atoms with van der Waals surface area (Å²) in [5.41, 5.74) is 2.14. The van der Waals surface area contributed by atoms with Crippen molar-refractivity contribution in [3.63, 3.8) is 0 Å². The summed E-state index contributed by atoms with van der Waals surface area (Å²) in [4.78, 5) is 25.9. The summed E-state index contributed by atoms with van der Waals surface area (Å²) in [5, 5.41) is 9.27. The number of anilines is 1. The Bertz CT molecular complexity index is 554. The van der Waals surface area contributed by atoms with Crippen LogP contribution in [0.25, 0.3) is 0 Å². The van der Waals surface area contributed by atoms with Crippen LogP contribution in [0.3, 0.4) is 0 Å². The van der Waals surface area contributed by atoms with E-state index in [0.29, 0.717) is 12.8 Å². The van der Waals surface area contributed by atoms with Gasteiger partial charge in [-0.3, -0.25) is 9.59 Å². The van der Waals surface area contributed by atoms with Gasteiger partial charge in [-0.25, -0.2) is 0 Å². The number of rotatable bonds is 2. The number of nitrogens with zero attached hydrogens (tertiary/aromatic N) is 1. The molecule has 1 amide bonds. The summed E-state index contributed by atoms with van der Waals surface area (Å²) in [6.07, 6.45) is 3.00. The van der Waals surface area contributed by atoms with Gasteiger partial charge in [0.1, 0.15) is 0 Å². The molecule has 1 aliphatic heterocycles. The summed E-state index contributed by atoms with van der Waals surface area (Å²) in [7, 11) is 0. The molecule has 3 rings (SSSR count). The fraction of sp³-hybridized carbons (Fsp3) is 0.500. The Morgan fingerprint density at radius 2 is 1.90 bits per heavy atom. The van der Waals surface area contributed by atoms with Crippen molar-refractivity contribution in [3.8, 4) is 0 Å². The predicted octanol–water partition coefficient (Wildman–Crippen LogP) is 2.47. The van der Waals surface area contributed by atoms with Crippen molar-refractivity contribution in [3.05, 3.63) is 29.8 Å². The van der Waals surface area contributed by atoms with Crippen LogP contribution in [0.15, 0.2) is 24.3 Å². The minimum absolute atomic E-state index is 0.00708. The van der Waals surface area contributed by atoms with E-state index in [9.17, 15) is 14.7 Å². The van der Waals surface area contributed by atoms with Crippen molar-refractivity contribution < 1.29 is 14.7 Å². The molecule has 1 aromatic carbocycles. The molecule has 0 saturated heterocycles. The summed E-state index contributed by atoms with van der Waals surface area (Å²) < 4.78 is 0. The molecule has 3 atom stereocenters. The molecule has 1 heterocycles. The van der Waals surface area contributed by atoms with E-state index < -0.39 is 11.9 Å². The number of hydrogen-bond donors (Lipinski definition) is 1. The van der Waals surface area contributed by atoms with Crippen molar-refractivity contribution in [1.82, 2.24) is 0 Å². The molecular weight excluding hydrogens is 254 g/mol. The smallest absolute Gasteiger partial charge is 0.307 e. The van der Waals surface area contributed by atoms with Crippen LogP contribution in [0.4, 0.5) is 5.69 Å². The number of amides is 1. The van der Waals surface area contributed by atoms with E-state index in [2.05, 4.69) is 0 Å². The van der Waals surface area contributed by atoms with E-state index >= 15 is 0 Å². The van der Waals surface area contributed by atoms with E-state index in [0.717, 1.165) is 18.5 Å². The maximum Gasteiger partial charge on any atom is 0.307 e. The average Bonchev–Trinajstić information content (AvgIpc) is 3.01. The maximum absolute atomic E-state index is 12.8. The van der Waals surface area contributed by atoms with E-state index in [-0.39, 0.29) is 17.9 Å². The Hall–Kier alpha value is -1.84. The lowest BCUT2D eigenvalue weighted by Crippen LogP contribution is -2.42. The molecule has 0 aromatic heterocycles. The van der Waals surface area contributed by atoms with Crippen LogP contribution in [-0.4, -0.2) is 23.0 Å². The van der Waals surface area contributed by atoms with Crippen LogP contribution in [0.1, 0.15) is 31.7 Å². The van der Waals surface area contributed by atoms with E-state index in [1.807, 2.05) is 36.1 Å². The van der Waals surface area contributed by atoms with Gasteiger partial charge in [0.05, 0.1) is 11.8 Å². The molecule has 1 aromatic rings. The normalized spacial score (nSPS) is 28.4. The van der Waals surface area contributed by atoms with Gasteiger partial charge in [0.25, 0.3) is 0 Å². The van der Waals surface area contributed by atoms with Crippen LogP contribution < -0.4 is 4.90 Å². The van der Waals surface area contributed by atoms with E-state index in [1.165, 1.54) is 5.56 Å². The van der Waals surface area contributed by atoms with Gasteiger partial charge in [0.15, 0.2) is 0 Å². The number of carbonyl (C=O) groups is 2. The fourth-order valence-corrected chi connectivity index (χ4v) is 3.63.